The summed E-state index contributed by atoms with van der Waals surface area (Å²) in [5.41, 5.74) is 5.36. The number of esters is 6. The number of aromatic nitrogens is 15. The number of epoxide rings is 1. The second-order valence-corrected chi connectivity index (χ2v) is 31.7. The van der Waals surface area contributed by atoms with Gasteiger partial charge in [-0.1, -0.05) is 117 Å². The summed E-state index contributed by atoms with van der Waals surface area (Å²) in [6.07, 6.45) is 10.9. The summed E-state index contributed by atoms with van der Waals surface area (Å²) in [7, 11) is 0. The van der Waals surface area contributed by atoms with Crippen molar-refractivity contribution in [3.63, 3.8) is 0 Å². The Hall–Kier alpha value is -6.92. The van der Waals surface area contributed by atoms with Crippen molar-refractivity contribution in [2.75, 3.05) is 30.8 Å². The van der Waals surface area contributed by atoms with Gasteiger partial charge in [0, 0.05) is 22.7 Å². The second-order valence-electron chi connectivity index (χ2n) is 30.8. The molecule has 0 radical (unpaired) electrons. The molecule has 1 aliphatic rings. The fourth-order valence-electron chi connectivity index (χ4n) is 6.88. The maximum Gasteiger partial charge on any atom is 1.00 e. The zero-order chi connectivity index (χ0) is 87.8. The number of aliphatic hydroxyl groups excluding tert-OH is 3. The van der Waals surface area contributed by atoms with E-state index in [0.29, 0.717) is 55.8 Å². The number of alkyl halides is 5. The van der Waals surface area contributed by atoms with Crippen molar-refractivity contribution in [1.29, 1.82) is 0 Å². The first-order chi connectivity index (χ1) is 52.0. The normalized spacial score (nSPS) is 13.4. The number of azide groups is 1. The molecule has 0 aromatic carbocycles. The Balaban J connectivity index is -0.000000299. The van der Waals surface area contributed by atoms with Crippen LogP contribution in [-0.2, 0) is 75.5 Å². The van der Waals surface area contributed by atoms with Gasteiger partial charge in [0.25, 0.3) is 0 Å². The molecular formula is C74H127F4I2N18NaO17. The van der Waals surface area contributed by atoms with Crippen LogP contribution in [0.15, 0.2) is 36.1 Å². The number of rotatable bonds is 26. The SMILES string of the molecule is C.C#CC(=O)CC(C)(C)C.CC(C)(C)OC(=O)c1cn(C[C@H](F)CI)nn1.CC(C)(C)OC(=O)c1cn(C[C@H](F)CO)nn1.CCOC(C)=O.CC[C@@H](F)Cn1cc(C(=O)OC(C)(C)C)nn1.CC[C@@H](F)Cn1cc(C(=O)OC(C)(C)C)nn1.CC[C@H](O)CN=[N+]=[N-].CC[C@H](O)Cn1cc(C(=O)OC(C)(C)C)nn1.CC[C@H]1CO1.[I-].[Na+]. The van der Waals surface area contributed by atoms with Gasteiger partial charge in [0.2, 0.25) is 5.78 Å². The smallest absolute Gasteiger partial charge is 1.00 e. The molecule has 1 saturated heterocycles. The summed E-state index contributed by atoms with van der Waals surface area (Å²) in [5, 5.41) is 66.5. The van der Waals surface area contributed by atoms with Crippen molar-refractivity contribution >= 4 is 64.2 Å². The third-order valence-electron chi connectivity index (χ3n) is 12.3. The van der Waals surface area contributed by atoms with Gasteiger partial charge >= 0.3 is 65.4 Å². The van der Waals surface area contributed by atoms with Gasteiger partial charge in [0.1, 0.15) is 52.7 Å². The largest absolute Gasteiger partial charge is 1.00 e. The molecule has 6 heterocycles. The van der Waals surface area contributed by atoms with E-state index in [4.69, 9.17) is 50.6 Å². The Morgan fingerprint density at radius 3 is 0.991 bits per heavy atom. The van der Waals surface area contributed by atoms with Crippen molar-refractivity contribution in [3.05, 3.63) is 69.9 Å². The van der Waals surface area contributed by atoms with E-state index in [2.05, 4.69) is 79.2 Å². The number of ketones is 1. The Kier molecular flexibility index (Phi) is 63.5. The minimum Gasteiger partial charge on any atom is -1.00 e. The van der Waals surface area contributed by atoms with Gasteiger partial charge < -0.3 is 72.5 Å². The summed E-state index contributed by atoms with van der Waals surface area (Å²) < 4.78 is 93.9. The molecule has 116 heavy (non-hydrogen) atoms. The molecule has 35 nitrogen and oxygen atoms in total. The molecule has 0 amide bonds. The van der Waals surface area contributed by atoms with Gasteiger partial charge in [-0.2, -0.15) is 0 Å². The maximum atomic E-state index is 13.1. The van der Waals surface area contributed by atoms with Crippen LogP contribution in [0.2, 0.25) is 0 Å². The molecule has 3 N–H and O–H groups in total. The van der Waals surface area contributed by atoms with E-state index in [1.54, 1.807) is 125 Å². The van der Waals surface area contributed by atoms with Crippen LogP contribution in [0.5, 0.6) is 0 Å². The van der Waals surface area contributed by atoms with E-state index in [1.807, 2.05) is 57.2 Å². The van der Waals surface area contributed by atoms with Gasteiger partial charge in [-0.05, 0) is 160 Å². The Morgan fingerprint density at radius 2 is 0.819 bits per heavy atom. The third-order valence-corrected chi connectivity index (χ3v) is 13.2. The summed E-state index contributed by atoms with van der Waals surface area (Å²) in [6.45, 7) is 46.5. The predicted molar refractivity (Wildman–Crippen MR) is 426 cm³/mol. The van der Waals surface area contributed by atoms with Crippen LogP contribution in [-0.4, -0.2) is 234 Å². The number of nitrogens with zero attached hydrogens (tertiary/aromatic N) is 18. The summed E-state index contributed by atoms with van der Waals surface area (Å²) >= 11 is 1.95. The van der Waals surface area contributed by atoms with E-state index in [9.17, 15) is 56.2 Å². The first-order valence-electron chi connectivity index (χ1n) is 36.6. The van der Waals surface area contributed by atoms with E-state index in [1.165, 1.54) is 63.1 Å². The number of halogens is 6. The summed E-state index contributed by atoms with van der Waals surface area (Å²) in [5.74, 6) is -0.989. The predicted octanol–water partition coefficient (Wildman–Crippen LogP) is 6.24. The van der Waals surface area contributed by atoms with Crippen molar-refractivity contribution in [2.24, 2.45) is 10.5 Å². The fraction of sp³-hybridized carbons (Fsp3) is 0.743. The van der Waals surface area contributed by atoms with Crippen LogP contribution in [0.25, 0.3) is 10.4 Å². The molecule has 5 aromatic rings. The second kappa shape index (κ2) is 61.4. The summed E-state index contributed by atoms with van der Waals surface area (Å²) in [4.78, 5) is 80.9. The van der Waals surface area contributed by atoms with Crippen LogP contribution in [0, 0.1) is 17.8 Å². The third kappa shape index (κ3) is 67.0. The van der Waals surface area contributed by atoms with E-state index >= 15 is 0 Å². The van der Waals surface area contributed by atoms with Crippen molar-refractivity contribution < 1.29 is 153 Å². The van der Waals surface area contributed by atoms with E-state index < -0.39 is 101 Å². The number of terminal acetylenes is 1. The van der Waals surface area contributed by atoms with Crippen LogP contribution in [0.4, 0.5) is 17.6 Å². The average Bonchev–Trinajstić information content (AvgIpc) is 1.78. The van der Waals surface area contributed by atoms with Crippen molar-refractivity contribution in [2.45, 2.75) is 323 Å². The molecule has 0 aliphatic carbocycles. The molecule has 0 spiro atoms. The van der Waals surface area contributed by atoms with Crippen LogP contribution >= 0.6 is 22.6 Å². The number of aliphatic hydroxyl groups is 3. The van der Waals surface area contributed by atoms with Crippen molar-refractivity contribution in [3.8, 4) is 12.3 Å². The van der Waals surface area contributed by atoms with Gasteiger partial charge in [0.05, 0.1) is 108 Å². The molecule has 1 fully saturated rings. The minimum atomic E-state index is -1.43. The molecule has 0 saturated carbocycles. The first-order valence-corrected chi connectivity index (χ1v) is 38.1. The van der Waals surface area contributed by atoms with Gasteiger partial charge in [0.15, 0.2) is 28.5 Å². The number of carbonyl (C=O) groups excluding carboxylic acids is 7. The molecule has 6 rings (SSSR count). The number of hydrogen-bond donors (Lipinski definition) is 3. The number of carbonyl (C=O) groups is 7. The number of ether oxygens (including phenoxy) is 7. The monoisotopic (exact) mass is 1890 g/mol. The number of hydrogen-bond acceptors (Lipinski definition) is 28. The quantitative estimate of drug-likeness (QED) is 0.00448. The molecule has 1 aliphatic heterocycles. The standard InChI is InChI=1S/2C11H18FN3O2.C11H19N3O3.C10H15FIN3O2.C10H16FN3O3.C8H12O.C4H9N3O.C4H8O2.C4H8O.CH4.HI.Na/c2*1-5-8(12)6-15-7-9(13-14-15)10(16)17-11(2,3)4;1-5-8(15)6-14-7-9(12-13-14)10(16)17-11(2,3)4;1-10(2,3)17-9(16)8-6-15(14-13-8)5-7(11)4-12;1-10(2,3)17-9(16)8-5-14(13-12-8)4-7(11)6-15;1-5-7(9)6-8(2,3)4;1-2-4(8)3-6-7-5;1-3-6-4(2)5;1-2-4-3-5-4;;;/h2*7-8H,5-6H2,1-4H3;7-8,15H,5-6H2,1-4H3;6-7H,4-5H2,1-3H3;5,7,15H,4,6H2,1-3H3;1H,6H2,2-4H3;4,8H,2-3H2,1H3;3H2,1-2H3;4H,2-3H2,1H3;1H4;1H;/q;;;;;;;;;;;+1/p-1/t3*8-;2*7-;;4-;;4-;;;/m11010.0.0.../s1. The van der Waals surface area contributed by atoms with Crippen LogP contribution in [0.1, 0.15) is 271 Å². The minimum absolute atomic E-state index is 0. The van der Waals surface area contributed by atoms with Gasteiger partial charge in [-0.15, -0.1) is 31.9 Å². The van der Waals surface area contributed by atoms with Gasteiger partial charge in [-0.3, -0.25) is 9.59 Å². The Bertz CT molecular complexity index is 3210. The molecule has 7 atom stereocenters. The van der Waals surface area contributed by atoms with Crippen molar-refractivity contribution in [1.82, 2.24) is 75.0 Å². The Labute approximate surface area is 733 Å². The zero-order valence-electron chi connectivity index (χ0n) is 71.7. The molecule has 0 bridgehead atoms. The number of Topliss-reactive ketones (excluding diaryl/α,β-unsaturated/α-hetero) is 1. The topological polar surface area (TPSA) is 450 Å². The zero-order valence-corrected chi connectivity index (χ0v) is 78.0. The Morgan fingerprint density at radius 1 is 0.543 bits per heavy atom. The fourth-order valence-corrected chi connectivity index (χ4v) is 7.16. The average molecular weight is 1890 g/mol. The van der Waals surface area contributed by atoms with Crippen LogP contribution in [0.3, 0.4) is 0 Å². The first kappa shape index (κ1) is 120. The molecule has 0 unspecified atom stereocenters. The maximum absolute atomic E-state index is 13.1. The molecular weight excluding hydrogens is 1770 g/mol. The van der Waals surface area contributed by atoms with Gasteiger partial charge in [-0.25, -0.2) is 64.9 Å². The molecule has 658 valence electrons. The van der Waals surface area contributed by atoms with E-state index in [0.717, 1.165) is 11.3 Å². The van der Waals surface area contributed by atoms with Crippen LogP contribution < -0.4 is 53.5 Å². The molecule has 42 heteroatoms. The molecule has 5 aromatic heterocycles. The van der Waals surface area contributed by atoms with E-state index in [-0.39, 0.29) is 139 Å². The summed E-state index contributed by atoms with van der Waals surface area (Å²) in [6, 6.07) is 0.